The Morgan fingerprint density at radius 2 is 1.72 bits per heavy atom. The number of halogens is 3. The molecule has 0 saturated carbocycles. The summed E-state index contributed by atoms with van der Waals surface area (Å²) in [6.45, 7) is 4.81. The van der Waals surface area contributed by atoms with E-state index in [9.17, 15) is 17.6 Å². The third kappa shape index (κ3) is 5.71. The van der Waals surface area contributed by atoms with Gasteiger partial charge in [0.15, 0.2) is 0 Å². The zero-order chi connectivity index (χ0) is 23.5. The Bertz CT molecular complexity index is 1090. The molecule has 1 saturated heterocycles. The molecule has 0 radical (unpaired) electrons. The molecule has 1 atom stereocenters. The van der Waals surface area contributed by atoms with E-state index in [0.717, 1.165) is 6.07 Å². The molecule has 0 bridgehead atoms. The first-order valence-corrected chi connectivity index (χ1v) is 12.2. The monoisotopic (exact) mass is 503 g/mol. The van der Waals surface area contributed by atoms with Crippen molar-refractivity contribution in [2.75, 3.05) is 36.9 Å². The highest BCUT2D eigenvalue weighted by molar-refractivity contribution is 7.89. The predicted molar refractivity (Wildman–Crippen MR) is 123 cm³/mol. The van der Waals surface area contributed by atoms with Crippen molar-refractivity contribution in [1.82, 2.24) is 4.31 Å². The Morgan fingerprint density at radius 1 is 1.06 bits per heavy atom. The normalized spacial score (nSPS) is 16.1. The minimum atomic E-state index is -3.82. The summed E-state index contributed by atoms with van der Waals surface area (Å²) in [6.07, 6.45) is 0. The molecule has 1 aliphatic rings. The maximum absolute atomic E-state index is 13.4. The first kappa shape index (κ1) is 24.7. The van der Waals surface area contributed by atoms with Gasteiger partial charge in [-0.25, -0.2) is 12.8 Å². The van der Waals surface area contributed by atoms with Gasteiger partial charge in [-0.05, 0) is 42.3 Å². The summed E-state index contributed by atoms with van der Waals surface area (Å²) in [6, 6.07) is 7.69. The molecule has 32 heavy (non-hydrogen) atoms. The molecule has 2 aromatic rings. The van der Waals surface area contributed by atoms with Crippen LogP contribution in [0.25, 0.3) is 0 Å². The van der Waals surface area contributed by atoms with Crippen molar-refractivity contribution in [2.45, 2.75) is 24.8 Å². The lowest BCUT2D eigenvalue weighted by atomic mass is 10.0. The number of rotatable bonds is 7. The number of amides is 1. The van der Waals surface area contributed by atoms with E-state index < -0.39 is 21.9 Å². The second-order valence-corrected chi connectivity index (χ2v) is 10.4. The number of carbonyl (C=O) groups excluding carboxylic acids is 1. The first-order valence-electron chi connectivity index (χ1n) is 9.99. The molecule has 0 aromatic heterocycles. The number of morpholine rings is 1. The van der Waals surface area contributed by atoms with Gasteiger partial charge in [-0.15, -0.1) is 0 Å². The second-order valence-electron chi connectivity index (χ2n) is 7.65. The van der Waals surface area contributed by atoms with E-state index >= 15 is 0 Å². The van der Waals surface area contributed by atoms with Gasteiger partial charge in [0.25, 0.3) is 0 Å². The summed E-state index contributed by atoms with van der Waals surface area (Å²) in [4.78, 5) is 12.8. The van der Waals surface area contributed by atoms with Crippen LogP contribution in [-0.4, -0.2) is 51.0 Å². The number of hydrogen-bond acceptors (Lipinski definition) is 5. The van der Waals surface area contributed by atoms with E-state index in [0.29, 0.717) is 24.6 Å². The number of benzene rings is 2. The van der Waals surface area contributed by atoms with Crippen LogP contribution in [0.4, 0.5) is 15.8 Å². The van der Waals surface area contributed by atoms with Gasteiger partial charge in [-0.2, -0.15) is 4.31 Å². The average molecular weight is 504 g/mol. The summed E-state index contributed by atoms with van der Waals surface area (Å²) in [5.41, 5.74) is 0.771. The number of carbonyl (C=O) groups is 1. The van der Waals surface area contributed by atoms with Gasteiger partial charge in [-0.1, -0.05) is 37.0 Å². The van der Waals surface area contributed by atoms with Crippen LogP contribution < -0.4 is 10.6 Å². The van der Waals surface area contributed by atoms with Crippen molar-refractivity contribution in [3.8, 4) is 0 Å². The Labute approximate surface area is 196 Å². The molecule has 3 rings (SSSR count). The van der Waals surface area contributed by atoms with Crippen molar-refractivity contribution in [3.63, 3.8) is 0 Å². The molecule has 0 aliphatic carbocycles. The van der Waals surface area contributed by atoms with Gasteiger partial charge in [0.1, 0.15) is 16.8 Å². The van der Waals surface area contributed by atoms with Crippen LogP contribution in [-0.2, 0) is 19.6 Å². The van der Waals surface area contributed by atoms with Crippen LogP contribution in [0.1, 0.15) is 13.8 Å². The first-order chi connectivity index (χ1) is 15.1. The van der Waals surface area contributed by atoms with Crippen LogP contribution in [0, 0.1) is 11.7 Å². The molecule has 2 aromatic carbocycles. The predicted octanol–water partition coefficient (Wildman–Crippen LogP) is 4.23. The van der Waals surface area contributed by atoms with Crippen molar-refractivity contribution >= 4 is 50.5 Å². The fourth-order valence-electron chi connectivity index (χ4n) is 3.23. The number of ether oxygens (including phenoxy) is 1. The quantitative estimate of drug-likeness (QED) is 0.590. The molecule has 0 unspecified atom stereocenters. The molecule has 7 nitrogen and oxygen atoms in total. The number of anilines is 2. The van der Waals surface area contributed by atoms with Crippen LogP contribution in [0.2, 0.25) is 10.0 Å². The van der Waals surface area contributed by atoms with E-state index in [4.69, 9.17) is 27.9 Å². The Morgan fingerprint density at radius 3 is 2.34 bits per heavy atom. The molecular weight excluding hydrogens is 480 g/mol. The van der Waals surface area contributed by atoms with E-state index in [-0.39, 0.29) is 39.9 Å². The molecule has 1 amide bonds. The van der Waals surface area contributed by atoms with Crippen LogP contribution >= 0.6 is 23.2 Å². The van der Waals surface area contributed by atoms with Gasteiger partial charge in [0.2, 0.25) is 15.9 Å². The van der Waals surface area contributed by atoms with Crippen molar-refractivity contribution in [3.05, 3.63) is 52.3 Å². The topological polar surface area (TPSA) is 87.7 Å². The van der Waals surface area contributed by atoms with Gasteiger partial charge in [0, 0.05) is 24.5 Å². The Hall–Kier alpha value is -1.91. The van der Waals surface area contributed by atoms with Crippen molar-refractivity contribution < 1.29 is 22.3 Å². The van der Waals surface area contributed by atoms with Gasteiger partial charge in [-0.3, -0.25) is 4.79 Å². The lowest BCUT2D eigenvalue weighted by molar-refractivity contribution is -0.117. The summed E-state index contributed by atoms with van der Waals surface area (Å²) in [5.74, 6) is -1.12. The smallest absolute Gasteiger partial charge is 0.247 e. The van der Waals surface area contributed by atoms with Gasteiger partial charge < -0.3 is 15.4 Å². The van der Waals surface area contributed by atoms with E-state index in [2.05, 4.69) is 10.6 Å². The number of hydrogen-bond donors (Lipinski definition) is 2. The molecule has 1 heterocycles. The fraction of sp³-hybridized carbons (Fsp3) is 0.381. The van der Waals surface area contributed by atoms with Crippen molar-refractivity contribution in [2.24, 2.45) is 5.92 Å². The standard InChI is InChI=1S/C21H24Cl2FN3O4S/c1-13(2)20(21(28)26-14-4-6-18(24)17(23)11-14)25-15-3-5-16(22)19(12-15)32(29,30)27-7-9-31-10-8-27/h3-6,11-13,20,25H,7-10H2,1-2H3,(H,26,28)/t20-/m0/s1. The maximum Gasteiger partial charge on any atom is 0.247 e. The van der Waals surface area contributed by atoms with Crippen molar-refractivity contribution in [1.29, 1.82) is 0 Å². The largest absolute Gasteiger partial charge is 0.379 e. The molecule has 174 valence electrons. The average Bonchev–Trinajstić information content (AvgIpc) is 2.75. The lowest BCUT2D eigenvalue weighted by Crippen LogP contribution is -2.41. The zero-order valence-electron chi connectivity index (χ0n) is 17.6. The number of nitrogens with zero attached hydrogens (tertiary/aromatic N) is 1. The van der Waals surface area contributed by atoms with Crippen LogP contribution in [0.15, 0.2) is 41.3 Å². The van der Waals surface area contributed by atoms with E-state index in [1.807, 2.05) is 13.8 Å². The zero-order valence-corrected chi connectivity index (χ0v) is 19.9. The molecule has 11 heteroatoms. The Kier molecular flexibility index (Phi) is 8.00. The second kappa shape index (κ2) is 10.4. The van der Waals surface area contributed by atoms with E-state index in [1.54, 1.807) is 6.07 Å². The molecule has 2 N–H and O–H groups in total. The highest BCUT2D eigenvalue weighted by atomic mass is 35.5. The highest BCUT2D eigenvalue weighted by Gasteiger charge is 2.29. The van der Waals surface area contributed by atoms with Gasteiger partial charge >= 0.3 is 0 Å². The summed E-state index contributed by atoms with van der Waals surface area (Å²) in [5, 5.41) is 5.77. The summed E-state index contributed by atoms with van der Waals surface area (Å²) >= 11 is 12.0. The number of sulfonamides is 1. The van der Waals surface area contributed by atoms with Gasteiger partial charge in [0.05, 0.1) is 23.3 Å². The SMILES string of the molecule is CC(C)[C@H](Nc1ccc(Cl)c(S(=O)(=O)N2CCOCC2)c1)C(=O)Nc1ccc(F)c(Cl)c1. The molecule has 0 spiro atoms. The molecule has 1 fully saturated rings. The third-order valence-electron chi connectivity index (χ3n) is 4.98. The van der Waals surface area contributed by atoms with E-state index in [1.165, 1.54) is 28.6 Å². The Balaban J connectivity index is 1.82. The number of nitrogens with one attached hydrogen (secondary N) is 2. The van der Waals surface area contributed by atoms with Crippen LogP contribution in [0.3, 0.4) is 0 Å². The summed E-state index contributed by atoms with van der Waals surface area (Å²) in [7, 11) is -3.82. The third-order valence-corrected chi connectivity index (χ3v) is 7.65. The molecule has 1 aliphatic heterocycles. The minimum absolute atomic E-state index is 0.0423. The lowest BCUT2D eigenvalue weighted by Gasteiger charge is -2.27. The maximum atomic E-state index is 13.4. The molecular formula is C21H24Cl2FN3O4S. The van der Waals surface area contributed by atoms with Crippen LogP contribution in [0.5, 0.6) is 0 Å². The summed E-state index contributed by atoms with van der Waals surface area (Å²) < 4.78 is 46.0. The fourth-order valence-corrected chi connectivity index (χ4v) is 5.31. The highest BCUT2D eigenvalue weighted by Crippen LogP contribution is 2.29. The minimum Gasteiger partial charge on any atom is -0.379 e.